The summed E-state index contributed by atoms with van der Waals surface area (Å²) in [4.78, 5) is 15.9. The fraction of sp³-hybridized carbons (Fsp3) is 0.500. The summed E-state index contributed by atoms with van der Waals surface area (Å²) in [7, 11) is 0. The first-order chi connectivity index (χ1) is 7.66. The van der Waals surface area contributed by atoms with Gasteiger partial charge in [0.05, 0.1) is 0 Å². The number of hydrogen-bond donors (Lipinski definition) is 1. The Bertz CT molecular complexity index is 390. The minimum atomic E-state index is -0.0116. The molecule has 1 unspecified atom stereocenters. The number of pyridine rings is 1. The van der Waals surface area contributed by atoms with E-state index in [-0.39, 0.29) is 11.9 Å². The molecule has 1 aromatic heterocycles. The van der Waals surface area contributed by atoms with E-state index < -0.39 is 0 Å². The van der Waals surface area contributed by atoms with E-state index in [0.717, 1.165) is 0 Å². The lowest BCUT2D eigenvalue weighted by Crippen LogP contribution is -2.40. The van der Waals surface area contributed by atoms with Gasteiger partial charge in [-0.15, -0.1) is 0 Å². The molecule has 0 radical (unpaired) electrons. The number of amides is 1. The molecular weight excluding hydrogens is 268 g/mol. The maximum absolute atomic E-state index is 11.9. The smallest absolute Gasteiger partial charge is 0.251 e. The normalized spacial score (nSPS) is 17.6. The van der Waals surface area contributed by atoms with Gasteiger partial charge in [0, 0.05) is 17.8 Å². The highest BCUT2D eigenvalue weighted by atomic mass is 79.9. The Morgan fingerprint density at radius 1 is 1.62 bits per heavy atom. The third-order valence-corrected chi connectivity index (χ3v) is 3.64. The van der Waals surface area contributed by atoms with E-state index in [4.69, 9.17) is 0 Å². The summed E-state index contributed by atoms with van der Waals surface area (Å²) < 4.78 is 0.691. The molecular formula is C12H15BrN2O. The number of halogens is 1. The van der Waals surface area contributed by atoms with Crippen molar-refractivity contribution in [2.24, 2.45) is 5.92 Å². The SMILES string of the molecule is CC(NC(=O)c1ccnc(Br)c1)C1CCC1. The van der Waals surface area contributed by atoms with Crippen LogP contribution in [0.3, 0.4) is 0 Å². The van der Waals surface area contributed by atoms with Crippen LogP contribution in [0, 0.1) is 5.92 Å². The molecule has 2 rings (SSSR count). The van der Waals surface area contributed by atoms with Crippen molar-refractivity contribution in [1.82, 2.24) is 10.3 Å². The van der Waals surface area contributed by atoms with Gasteiger partial charge < -0.3 is 5.32 Å². The van der Waals surface area contributed by atoms with Gasteiger partial charge in [-0.3, -0.25) is 4.79 Å². The van der Waals surface area contributed by atoms with Crippen LogP contribution in [-0.2, 0) is 0 Å². The monoisotopic (exact) mass is 282 g/mol. The Labute approximate surface area is 104 Å². The van der Waals surface area contributed by atoms with Crippen LogP contribution in [0.5, 0.6) is 0 Å². The summed E-state index contributed by atoms with van der Waals surface area (Å²) in [6, 6.07) is 3.74. The summed E-state index contributed by atoms with van der Waals surface area (Å²) in [6.45, 7) is 2.08. The molecule has 86 valence electrons. The van der Waals surface area contributed by atoms with E-state index in [2.05, 4.69) is 33.2 Å². The van der Waals surface area contributed by atoms with Crippen molar-refractivity contribution in [3.05, 3.63) is 28.5 Å². The van der Waals surface area contributed by atoms with Gasteiger partial charge >= 0.3 is 0 Å². The minimum absolute atomic E-state index is 0.0116. The molecule has 0 bridgehead atoms. The predicted octanol–water partition coefficient (Wildman–Crippen LogP) is 2.76. The molecule has 1 atom stereocenters. The molecule has 1 saturated carbocycles. The van der Waals surface area contributed by atoms with Crippen molar-refractivity contribution in [2.75, 3.05) is 0 Å². The van der Waals surface area contributed by atoms with Gasteiger partial charge in [0.25, 0.3) is 5.91 Å². The molecule has 1 aliphatic rings. The van der Waals surface area contributed by atoms with E-state index in [1.165, 1.54) is 19.3 Å². The van der Waals surface area contributed by atoms with Gasteiger partial charge in [0.1, 0.15) is 4.60 Å². The van der Waals surface area contributed by atoms with Crippen LogP contribution in [0.25, 0.3) is 0 Å². The molecule has 0 aliphatic heterocycles. The van der Waals surface area contributed by atoms with Gasteiger partial charge in [-0.2, -0.15) is 0 Å². The highest BCUT2D eigenvalue weighted by Crippen LogP contribution is 2.29. The van der Waals surface area contributed by atoms with E-state index in [0.29, 0.717) is 16.1 Å². The van der Waals surface area contributed by atoms with Gasteiger partial charge in [-0.1, -0.05) is 6.42 Å². The topological polar surface area (TPSA) is 42.0 Å². The third kappa shape index (κ3) is 2.61. The van der Waals surface area contributed by atoms with Crippen molar-refractivity contribution in [2.45, 2.75) is 32.2 Å². The Morgan fingerprint density at radius 3 is 2.94 bits per heavy atom. The average Bonchev–Trinajstić information content (AvgIpc) is 2.14. The maximum atomic E-state index is 11.9. The van der Waals surface area contributed by atoms with Crippen LogP contribution < -0.4 is 5.32 Å². The summed E-state index contributed by atoms with van der Waals surface area (Å²) >= 11 is 3.26. The Kier molecular flexibility index (Phi) is 3.59. The van der Waals surface area contributed by atoms with Crippen LogP contribution in [0.2, 0.25) is 0 Å². The molecule has 3 nitrogen and oxygen atoms in total. The Morgan fingerprint density at radius 2 is 2.38 bits per heavy atom. The minimum Gasteiger partial charge on any atom is -0.349 e. The van der Waals surface area contributed by atoms with Gasteiger partial charge in [-0.25, -0.2) is 4.98 Å². The molecule has 1 fully saturated rings. The highest BCUT2D eigenvalue weighted by molar-refractivity contribution is 9.10. The highest BCUT2D eigenvalue weighted by Gasteiger charge is 2.25. The van der Waals surface area contributed by atoms with Crippen LogP contribution in [-0.4, -0.2) is 16.9 Å². The standard InChI is InChI=1S/C12H15BrN2O/c1-8(9-3-2-4-9)15-12(16)10-5-6-14-11(13)7-10/h5-9H,2-4H2,1H3,(H,15,16). The summed E-state index contributed by atoms with van der Waals surface area (Å²) in [5.41, 5.74) is 0.660. The predicted molar refractivity (Wildman–Crippen MR) is 66.2 cm³/mol. The number of rotatable bonds is 3. The quantitative estimate of drug-likeness (QED) is 0.867. The van der Waals surface area contributed by atoms with E-state index in [1.54, 1.807) is 18.3 Å². The first kappa shape index (κ1) is 11.6. The average molecular weight is 283 g/mol. The number of hydrogen-bond acceptors (Lipinski definition) is 2. The zero-order chi connectivity index (χ0) is 11.5. The van der Waals surface area contributed by atoms with Crippen LogP contribution in [0.4, 0.5) is 0 Å². The molecule has 1 aromatic rings. The second kappa shape index (κ2) is 4.95. The molecule has 1 heterocycles. The Balaban J connectivity index is 1.96. The van der Waals surface area contributed by atoms with Crippen LogP contribution in [0.1, 0.15) is 36.5 Å². The fourth-order valence-electron chi connectivity index (χ4n) is 1.89. The second-order valence-corrected chi connectivity index (χ2v) is 5.13. The molecule has 0 spiro atoms. The van der Waals surface area contributed by atoms with Crippen molar-refractivity contribution in [3.8, 4) is 0 Å². The van der Waals surface area contributed by atoms with Crippen molar-refractivity contribution in [1.29, 1.82) is 0 Å². The van der Waals surface area contributed by atoms with Gasteiger partial charge in [0.15, 0.2) is 0 Å². The van der Waals surface area contributed by atoms with E-state index >= 15 is 0 Å². The molecule has 1 amide bonds. The maximum Gasteiger partial charge on any atom is 0.251 e. The lowest BCUT2D eigenvalue weighted by atomic mass is 9.80. The van der Waals surface area contributed by atoms with Crippen LogP contribution in [0.15, 0.2) is 22.9 Å². The molecule has 4 heteroatoms. The number of carbonyl (C=O) groups excluding carboxylic acids is 1. The third-order valence-electron chi connectivity index (χ3n) is 3.20. The zero-order valence-corrected chi connectivity index (χ0v) is 10.8. The molecule has 1 N–H and O–H groups in total. The molecule has 0 aromatic carbocycles. The van der Waals surface area contributed by atoms with E-state index in [1.807, 2.05) is 0 Å². The van der Waals surface area contributed by atoms with Crippen molar-refractivity contribution < 1.29 is 4.79 Å². The molecule has 1 aliphatic carbocycles. The van der Waals surface area contributed by atoms with Gasteiger partial charge in [-0.05, 0) is 53.7 Å². The van der Waals surface area contributed by atoms with E-state index in [9.17, 15) is 4.79 Å². The lowest BCUT2D eigenvalue weighted by Gasteiger charge is -2.31. The first-order valence-corrected chi connectivity index (χ1v) is 6.38. The summed E-state index contributed by atoms with van der Waals surface area (Å²) in [6.07, 6.45) is 5.40. The number of nitrogens with one attached hydrogen (secondary N) is 1. The fourth-order valence-corrected chi connectivity index (χ4v) is 2.26. The van der Waals surface area contributed by atoms with Gasteiger partial charge in [0.2, 0.25) is 0 Å². The Hall–Kier alpha value is -0.900. The first-order valence-electron chi connectivity index (χ1n) is 5.59. The number of nitrogens with zero attached hydrogens (tertiary/aromatic N) is 1. The largest absolute Gasteiger partial charge is 0.349 e. The van der Waals surface area contributed by atoms with Crippen molar-refractivity contribution >= 4 is 21.8 Å². The number of carbonyl (C=O) groups is 1. The number of aromatic nitrogens is 1. The molecule has 0 saturated heterocycles. The zero-order valence-electron chi connectivity index (χ0n) is 9.24. The summed E-state index contributed by atoms with van der Waals surface area (Å²) in [5, 5.41) is 3.04. The van der Waals surface area contributed by atoms with Crippen LogP contribution >= 0.6 is 15.9 Å². The lowest BCUT2D eigenvalue weighted by molar-refractivity contribution is 0.0909. The van der Waals surface area contributed by atoms with Crippen molar-refractivity contribution in [3.63, 3.8) is 0 Å². The molecule has 16 heavy (non-hydrogen) atoms. The summed E-state index contributed by atoms with van der Waals surface area (Å²) in [5.74, 6) is 0.650. The second-order valence-electron chi connectivity index (χ2n) is 4.32.